The number of aliphatic hydroxyl groups excluding tert-OH is 1. The fourth-order valence-electron chi connectivity index (χ4n) is 2.85. The van der Waals surface area contributed by atoms with Gasteiger partial charge in [0.05, 0.1) is 11.3 Å². The molecule has 0 radical (unpaired) electrons. The van der Waals surface area contributed by atoms with Crippen molar-refractivity contribution in [3.63, 3.8) is 0 Å². The topological polar surface area (TPSA) is 101 Å². The van der Waals surface area contributed by atoms with Gasteiger partial charge in [-0.25, -0.2) is 9.78 Å². The molecule has 3 aromatic heterocycles. The average molecular weight is 369 g/mol. The molecule has 0 saturated heterocycles. The number of nitrogens with one attached hydrogen (secondary N) is 1. The molecule has 0 aliphatic carbocycles. The summed E-state index contributed by atoms with van der Waals surface area (Å²) in [7, 11) is 0. The van der Waals surface area contributed by atoms with E-state index in [9.17, 15) is 9.59 Å². The lowest BCUT2D eigenvalue weighted by Crippen LogP contribution is -2.18. The molecule has 0 atom stereocenters. The van der Waals surface area contributed by atoms with Crippen molar-refractivity contribution >= 4 is 22.3 Å². The Bertz CT molecular complexity index is 1220. The first kappa shape index (κ1) is 16.5. The number of para-hydroxylation sites is 1. The van der Waals surface area contributed by atoms with Gasteiger partial charge in [-0.1, -0.05) is 18.2 Å². The second-order valence-corrected chi connectivity index (χ2v) is 6.67. The van der Waals surface area contributed by atoms with E-state index in [1.54, 1.807) is 30.5 Å². The molecule has 0 saturated carbocycles. The molecule has 0 aliphatic rings. The molecule has 1 aromatic carbocycles. The molecule has 4 aromatic rings. The van der Waals surface area contributed by atoms with Gasteiger partial charge in [-0.3, -0.25) is 9.89 Å². The summed E-state index contributed by atoms with van der Waals surface area (Å²) in [5, 5.41) is 15.0. The summed E-state index contributed by atoms with van der Waals surface area (Å²) >= 11 is 1.24. The number of aryl methyl sites for hydroxylation is 1. The number of benzene rings is 1. The number of H-pyrrole nitrogens is 1. The van der Waals surface area contributed by atoms with Gasteiger partial charge in [0, 0.05) is 35.1 Å². The Hall–Kier alpha value is -2.97. The van der Waals surface area contributed by atoms with Crippen LogP contribution in [-0.4, -0.2) is 26.5 Å². The highest BCUT2D eigenvalue weighted by Crippen LogP contribution is 2.24. The van der Waals surface area contributed by atoms with Crippen LogP contribution < -0.4 is 11.2 Å². The Labute approximate surface area is 151 Å². The largest absolute Gasteiger partial charge is 0.422 e. The first-order chi connectivity index (χ1) is 12.6. The second kappa shape index (κ2) is 6.40. The fourth-order valence-corrected chi connectivity index (χ4v) is 3.64. The van der Waals surface area contributed by atoms with Crippen LogP contribution in [-0.2, 0) is 6.42 Å². The zero-order valence-electron chi connectivity index (χ0n) is 13.9. The summed E-state index contributed by atoms with van der Waals surface area (Å²) in [5.74, 6) is 0. The number of thiazole rings is 1. The van der Waals surface area contributed by atoms with Gasteiger partial charge < -0.3 is 9.52 Å². The first-order valence-electron chi connectivity index (χ1n) is 7.99. The van der Waals surface area contributed by atoms with Gasteiger partial charge in [0.15, 0.2) is 0 Å². The van der Waals surface area contributed by atoms with Crippen molar-refractivity contribution in [2.45, 2.75) is 13.3 Å². The molecule has 7 nitrogen and oxygen atoms in total. The molecule has 0 aliphatic heterocycles. The molecule has 0 fully saturated rings. The van der Waals surface area contributed by atoms with Crippen LogP contribution in [0.2, 0.25) is 0 Å². The second-order valence-electron chi connectivity index (χ2n) is 5.83. The Morgan fingerprint density at radius 1 is 1.31 bits per heavy atom. The molecule has 0 spiro atoms. The third kappa shape index (κ3) is 2.69. The summed E-state index contributed by atoms with van der Waals surface area (Å²) in [6, 6.07) is 8.99. The molecular formula is C18H15N3O4S. The van der Waals surface area contributed by atoms with Crippen LogP contribution in [0.3, 0.4) is 0 Å². The van der Waals surface area contributed by atoms with Crippen molar-refractivity contribution < 1.29 is 9.52 Å². The first-order valence-corrected chi connectivity index (χ1v) is 8.87. The number of aliphatic hydroxyl groups is 1. The van der Waals surface area contributed by atoms with Crippen molar-refractivity contribution in [3.05, 3.63) is 67.7 Å². The van der Waals surface area contributed by atoms with Crippen LogP contribution in [0.5, 0.6) is 0 Å². The van der Waals surface area contributed by atoms with Gasteiger partial charge in [0.2, 0.25) is 5.13 Å². The summed E-state index contributed by atoms with van der Waals surface area (Å²) in [6.45, 7) is 1.67. The molecular weight excluding hydrogens is 354 g/mol. The van der Waals surface area contributed by atoms with Crippen molar-refractivity contribution in [2.75, 3.05) is 6.61 Å². The maximum atomic E-state index is 12.5. The molecule has 132 valence electrons. The van der Waals surface area contributed by atoms with Gasteiger partial charge in [0.25, 0.3) is 5.56 Å². The van der Waals surface area contributed by atoms with Crippen LogP contribution >= 0.6 is 11.3 Å². The predicted molar refractivity (Wildman–Crippen MR) is 99.1 cm³/mol. The predicted octanol–water partition coefficient (Wildman–Crippen LogP) is 2.24. The summed E-state index contributed by atoms with van der Waals surface area (Å²) < 4.78 is 6.68. The lowest BCUT2D eigenvalue weighted by atomic mass is 10.1. The molecule has 8 heteroatoms. The van der Waals surface area contributed by atoms with Gasteiger partial charge in [-0.05, 0) is 19.1 Å². The van der Waals surface area contributed by atoms with E-state index in [1.807, 2.05) is 12.1 Å². The number of rotatable bonds is 4. The molecule has 26 heavy (non-hydrogen) atoms. The third-order valence-corrected chi connectivity index (χ3v) is 4.98. The van der Waals surface area contributed by atoms with Crippen molar-refractivity contribution in [3.8, 4) is 16.4 Å². The van der Waals surface area contributed by atoms with E-state index in [4.69, 9.17) is 9.52 Å². The Kier molecular flexibility index (Phi) is 4.06. The highest BCUT2D eigenvalue weighted by Gasteiger charge is 2.16. The minimum absolute atomic E-state index is 0.102. The summed E-state index contributed by atoms with van der Waals surface area (Å²) in [6.07, 6.45) is 0.278. The molecule has 3 heterocycles. The Balaban J connectivity index is 1.80. The standard InChI is InChI=1S/C18H15N3O4S/c1-10-12(6-7-22)16(23)21(20-10)18-19-14(9-26-18)13-8-11-4-2-3-5-15(11)25-17(13)24/h2-5,8-9,20,22H,6-7H2,1H3. The van der Waals surface area contributed by atoms with E-state index in [1.165, 1.54) is 16.0 Å². The average Bonchev–Trinajstić information content (AvgIpc) is 3.21. The molecule has 2 N–H and O–H groups in total. The van der Waals surface area contributed by atoms with Gasteiger partial charge in [-0.2, -0.15) is 4.68 Å². The van der Waals surface area contributed by atoms with Gasteiger partial charge in [-0.15, -0.1) is 11.3 Å². The molecule has 0 amide bonds. The molecule has 0 bridgehead atoms. The SMILES string of the molecule is Cc1[nH]n(-c2nc(-c3cc4ccccc4oc3=O)cs2)c(=O)c1CCO. The van der Waals surface area contributed by atoms with E-state index < -0.39 is 5.63 Å². The number of nitrogens with zero attached hydrogens (tertiary/aromatic N) is 2. The lowest BCUT2D eigenvalue weighted by molar-refractivity contribution is 0.299. The number of aromatic amines is 1. The number of fused-ring (bicyclic) bond motifs is 1. The highest BCUT2D eigenvalue weighted by molar-refractivity contribution is 7.12. The fraction of sp³-hybridized carbons (Fsp3) is 0.167. The zero-order valence-corrected chi connectivity index (χ0v) is 14.7. The smallest absolute Gasteiger partial charge is 0.345 e. The van der Waals surface area contributed by atoms with Crippen LogP contribution in [0.4, 0.5) is 0 Å². The quantitative estimate of drug-likeness (QED) is 0.537. The van der Waals surface area contributed by atoms with Gasteiger partial charge in [0.1, 0.15) is 5.58 Å². The number of hydrogen-bond donors (Lipinski definition) is 2. The summed E-state index contributed by atoms with van der Waals surface area (Å²) in [5.41, 5.74) is 1.80. The maximum Gasteiger partial charge on any atom is 0.345 e. The third-order valence-electron chi connectivity index (χ3n) is 4.16. The van der Waals surface area contributed by atoms with Crippen LogP contribution in [0.25, 0.3) is 27.4 Å². The molecule has 0 unspecified atom stereocenters. The number of aromatic nitrogens is 3. The lowest BCUT2D eigenvalue weighted by Gasteiger charge is -1.99. The van der Waals surface area contributed by atoms with E-state index in [0.717, 1.165) is 5.39 Å². The van der Waals surface area contributed by atoms with E-state index in [0.29, 0.717) is 33.2 Å². The van der Waals surface area contributed by atoms with Crippen molar-refractivity contribution in [2.24, 2.45) is 0 Å². The monoisotopic (exact) mass is 369 g/mol. The number of hydrogen-bond acceptors (Lipinski definition) is 6. The van der Waals surface area contributed by atoms with E-state index >= 15 is 0 Å². The van der Waals surface area contributed by atoms with Crippen LogP contribution in [0, 0.1) is 6.92 Å². The van der Waals surface area contributed by atoms with Crippen LogP contribution in [0.15, 0.2) is 49.7 Å². The van der Waals surface area contributed by atoms with Crippen molar-refractivity contribution in [1.29, 1.82) is 0 Å². The van der Waals surface area contributed by atoms with Crippen molar-refractivity contribution in [1.82, 2.24) is 14.8 Å². The minimum atomic E-state index is -0.475. The normalized spacial score (nSPS) is 11.3. The Morgan fingerprint density at radius 2 is 2.12 bits per heavy atom. The summed E-state index contributed by atoms with van der Waals surface area (Å²) in [4.78, 5) is 29.2. The molecule has 4 rings (SSSR count). The van der Waals surface area contributed by atoms with E-state index in [-0.39, 0.29) is 18.6 Å². The van der Waals surface area contributed by atoms with Gasteiger partial charge >= 0.3 is 5.63 Å². The highest BCUT2D eigenvalue weighted by atomic mass is 32.1. The van der Waals surface area contributed by atoms with E-state index in [2.05, 4.69) is 10.1 Å². The zero-order chi connectivity index (χ0) is 18.3. The minimum Gasteiger partial charge on any atom is -0.422 e. The van der Waals surface area contributed by atoms with Crippen LogP contribution in [0.1, 0.15) is 11.3 Å². The Morgan fingerprint density at radius 3 is 2.92 bits per heavy atom. The maximum absolute atomic E-state index is 12.5.